The highest BCUT2D eigenvalue weighted by atomic mass is 16.2. The summed E-state index contributed by atoms with van der Waals surface area (Å²) in [6, 6.07) is 6.01. The van der Waals surface area contributed by atoms with Crippen molar-refractivity contribution in [2.75, 3.05) is 38.0 Å². The Morgan fingerprint density at radius 1 is 1.12 bits per heavy atom. The molecule has 2 amide bonds. The van der Waals surface area contributed by atoms with Crippen molar-refractivity contribution in [3.8, 4) is 0 Å². The summed E-state index contributed by atoms with van der Waals surface area (Å²) in [6.45, 7) is 9.54. The number of anilines is 1. The van der Waals surface area contributed by atoms with E-state index < -0.39 is 0 Å². The zero-order valence-corrected chi connectivity index (χ0v) is 14.8. The van der Waals surface area contributed by atoms with E-state index in [0.29, 0.717) is 18.4 Å². The molecule has 24 heavy (non-hydrogen) atoms. The fraction of sp³-hybridized carbons (Fsp3) is 0.579. The first kappa shape index (κ1) is 17.0. The molecule has 1 N–H and O–H groups in total. The number of carbonyl (C=O) groups is 2. The van der Waals surface area contributed by atoms with Gasteiger partial charge in [0.25, 0.3) is 0 Å². The Kier molecular flexibility index (Phi) is 4.90. The van der Waals surface area contributed by atoms with Crippen LogP contribution >= 0.6 is 0 Å². The number of nitrogens with one attached hydrogen (secondary N) is 1. The van der Waals surface area contributed by atoms with Crippen molar-refractivity contribution in [2.45, 2.75) is 27.2 Å². The molecule has 0 aromatic heterocycles. The number of piperazine rings is 1. The Labute approximate surface area is 144 Å². The van der Waals surface area contributed by atoms with Crippen LogP contribution in [0.4, 0.5) is 5.69 Å². The summed E-state index contributed by atoms with van der Waals surface area (Å²) in [5.74, 6) is 1.13. The predicted octanol–water partition coefficient (Wildman–Crippen LogP) is 2.04. The highest BCUT2D eigenvalue weighted by molar-refractivity contribution is 5.93. The van der Waals surface area contributed by atoms with Crippen molar-refractivity contribution in [3.05, 3.63) is 29.3 Å². The van der Waals surface area contributed by atoms with Crippen LogP contribution in [-0.4, -0.2) is 54.3 Å². The average molecular weight is 329 g/mol. The predicted molar refractivity (Wildman–Crippen MR) is 94.8 cm³/mol. The van der Waals surface area contributed by atoms with Gasteiger partial charge in [-0.25, -0.2) is 0 Å². The van der Waals surface area contributed by atoms with E-state index in [0.717, 1.165) is 49.4 Å². The third-order valence-corrected chi connectivity index (χ3v) is 5.22. The van der Waals surface area contributed by atoms with E-state index in [2.05, 4.69) is 17.1 Å². The molecule has 2 atom stereocenters. The number of para-hydroxylation sites is 1. The number of hydrogen-bond donors (Lipinski definition) is 1. The minimum atomic E-state index is 0.0167. The number of carbonyl (C=O) groups excluding carboxylic acids is 2. The van der Waals surface area contributed by atoms with E-state index in [-0.39, 0.29) is 11.8 Å². The van der Waals surface area contributed by atoms with E-state index in [1.54, 1.807) is 0 Å². The van der Waals surface area contributed by atoms with Crippen molar-refractivity contribution in [3.63, 3.8) is 0 Å². The molecule has 1 saturated heterocycles. The molecule has 1 aliphatic heterocycles. The van der Waals surface area contributed by atoms with Gasteiger partial charge in [0.15, 0.2) is 0 Å². The van der Waals surface area contributed by atoms with Crippen molar-refractivity contribution < 1.29 is 9.59 Å². The van der Waals surface area contributed by atoms with E-state index in [1.165, 1.54) is 0 Å². The summed E-state index contributed by atoms with van der Waals surface area (Å²) < 4.78 is 0. The van der Waals surface area contributed by atoms with Gasteiger partial charge in [0.1, 0.15) is 0 Å². The normalized spacial score (nSPS) is 23.9. The van der Waals surface area contributed by atoms with Gasteiger partial charge in [0.05, 0.1) is 6.54 Å². The number of aryl methyl sites for hydroxylation is 2. The van der Waals surface area contributed by atoms with Gasteiger partial charge in [-0.1, -0.05) is 25.1 Å². The standard InChI is InChI=1S/C19H27N3O2/c1-13-5-4-6-14(2)18(13)20-17(23)12-21-7-9-22(10-8-21)19(24)16-11-15(16)3/h4-6,15-16H,7-12H2,1-3H3,(H,20,23)/t15-,16-/m1/s1. The molecule has 1 aromatic carbocycles. The molecule has 130 valence electrons. The zero-order valence-electron chi connectivity index (χ0n) is 14.8. The fourth-order valence-electron chi connectivity index (χ4n) is 3.42. The molecule has 3 rings (SSSR count). The number of amides is 2. The topological polar surface area (TPSA) is 52.7 Å². The summed E-state index contributed by atoms with van der Waals surface area (Å²) >= 11 is 0. The van der Waals surface area contributed by atoms with Crippen molar-refractivity contribution in [1.29, 1.82) is 0 Å². The first-order valence-electron chi connectivity index (χ1n) is 8.83. The molecular formula is C19H27N3O2. The van der Waals surface area contributed by atoms with Crippen LogP contribution in [-0.2, 0) is 9.59 Å². The second-order valence-electron chi connectivity index (χ2n) is 7.24. The smallest absolute Gasteiger partial charge is 0.238 e. The lowest BCUT2D eigenvalue weighted by atomic mass is 10.1. The van der Waals surface area contributed by atoms with Gasteiger partial charge in [-0.15, -0.1) is 0 Å². The van der Waals surface area contributed by atoms with Crippen molar-refractivity contribution in [2.24, 2.45) is 11.8 Å². The van der Waals surface area contributed by atoms with Crippen LogP contribution in [0.2, 0.25) is 0 Å². The molecular weight excluding hydrogens is 302 g/mol. The van der Waals surface area contributed by atoms with Gasteiger partial charge in [-0.2, -0.15) is 0 Å². The first-order valence-corrected chi connectivity index (χ1v) is 8.83. The minimum absolute atomic E-state index is 0.0167. The van der Waals surface area contributed by atoms with Crippen LogP contribution in [0.15, 0.2) is 18.2 Å². The fourth-order valence-corrected chi connectivity index (χ4v) is 3.42. The maximum Gasteiger partial charge on any atom is 0.238 e. The van der Waals surface area contributed by atoms with Crippen LogP contribution in [0.5, 0.6) is 0 Å². The van der Waals surface area contributed by atoms with Crippen molar-refractivity contribution >= 4 is 17.5 Å². The van der Waals surface area contributed by atoms with Gasteiger partial charge in [-0.05, 0) is 37.3 Å². The maximum atomic E-state index is 12.3. The molecule has 2 aliphatic rings. The molecule has 5 heteroatoms. The summed E-state index contributed by atoms with van der Waals surface area (Å²) in [4.78, 5) is 28.7. The molecule has 0 unspecified atom stereocenters. The van der Waals surface area contributed by atoms with Crippen LogP contribution < -0.4 is 5.32 Å². The summed E-state index contributed by atoms with van der Waals surface area (Å²) in [5.41, 5.74) is 3.08. The molecule has 1 heterocycles. The van der Waals surface area contributed by atoms with E-state index >= 15 is 0 Å². The number of hydrogen-bond acceptors (Lipinski definition) is 3. The minimum Gasteiger partial charge on any atom is -0.340 e. The van der Waals surface area contributed by atoms with Gasteiger partial charge in [0.2, 0.25) is 11.8 Å². The van der Waals surface area contributed by atoms with Crippen LogP contribution in [0.1, 0.15) is 24.5 Å². The molecule has 0 bridgehead atoms. The zero-order chi connectivity index (χ0) is 17.3. The van der Waals surface area contributed by atoms with E-state index in [9.17, 15) is 9.59 Å². The Morgan fingerprint density at radius 3 is 2.25 bits per heavy atom. The van der Waals surface area contributed by atoms with Gasteiger partial charge < -0.3 is 10.2 Å². The summed E-state index contributed by atoms with van der Waals surface area (Å²) in [5, 5.41) is 3.03. The van der Waals surface area contributed by atoms with E-state index in [1.807, 2.05) is 36.9 Å². The third kappa shape index (κ3) is 3.78. The van der Waals surface area contributed by atoms with Crippen LogP contribution in [0.25, 0.3) is 0 Å². The second-order valence-corrected chi connectivity index (χ2v) is 7.24. The van der Waals surface area contributed by atoms with Crippen LogP contribution in [0, 0.1) is 25.7 Å². The van der Waals surface area contributed by atoms with E-state index in [4.69, 9.17) is 0 Å². The van der Waals surface area contributed by atoms with Crippen molar-refractivity contribution in [1.82, 2.24) is 9.80 Å². The molecule has 5 nitrogen and oxygen atoms in total. The molecule has 2 fully saturated rings. The monoisotopic (exact) mass is 329 g/mol. The SMILES string of the molecule is Cc1cccc(C)c1NC(=O)CN1CCN(C(=O)[C@@H]2C[C@H]2C)CC1. The number of rotatable bonds is 4. The lowest BCUT2D eigenvalue weighted by Crippen LogP contribution is -2.51. The average Bonchev–Trinajstić information content (AvgIpc) is 3.28. The number of nitrogens with zero attached hydrogens (tertiary/aromatic N) is 2. The quantitative estimate of drug-likeness (QED) is 0.920. The Balaban J connectivity index is 1.47. The third-order valence-electron chi connectivity index (χ3n) is 5.22. The van der Waals surface area contributed by atoms with Crippen LogP contribution in [0.3, 0.4) is 0 Å². The Bertz CT molecular complexity index is 615. The van der Waals surface area contributed by atoms with Gasteiger partial charge in [0, 0.05) is 37.8 Å². The first-order chi connectivity index (χ1) is 11.5. The molecule has 0 spiro atoms. The number of benzene rings is 1. The lowest BCUT2D eigenvalue weighted by Gasteiger charge is -2.34. The Hall–Kier alpha value is -1.88. The highest BCUT2D eigenvalue weighted by Gasteiger charge is 2.41. The molecule has 1 aromatic rings. The largest absolute Gasteiger partial charge is 0.340 e. The Morgan fingerprint density at radius 2 is 1.71 bits per heavy atom. The molecule has 0 radical (unpaired) electrons. The highest BCUT2D eigenvalue weighted by Crippen LogP contribution is 2.39. The second kappa shape index (κ2) is 6.93. The summed E-state index contributed by atoms with van der Waals surface area (Å²) in [6.07, 6.45) is 1.04. The molecule has 1 saturated carbocycles. The summed E-state index contributed by atoms with van der Waals surface area (Å²) in [7, 11) is 0. The molecule has 1 aliphatic carbocycles. The van der Waals surface area contributed by atoms with Gasteiger partial charge >= 0.3 is 0 Å². The maximum absolute atomic E-state index is 12.3. The lowest BCUT2D eigenvalue weighted by molar-refractivity contribution is -0.134. The van der Waals surface area contributed by atoms with Gasteiger partial charge in [-0.3, -0.25) is 14.5 Å².